The van der Waals surface area contributed by atoms with Crippen molar-refractivity contribution in [2.75, 3.05) is 0 Å². The van der Waals surface area contributed by atoms with Gasteiger partial charge in [0.15, 0.2) is 0 Å². The van der Waals surface area contributed by atoms with Crippen molar-refractivity contribution >= 4 is 21.9 Å². The second-order valence-electron chi connectivity index (χ2n) is 7.05. The Labute approximate surface area is 168 Å². The number of pyridine rings is 1. The number of fused-ring (bicyclic) bond motifs is 2. The molecule has 0 amide bonds. The minimum Gasteiger partial charge on any atom is -0.301 e. The standard InChI is InChI=1S/C22H15F2N5O/c1-12-15-3-2-13(8-19(15)28-27-12)14-6-17(23)16(18(24)7-14)11-29-21-4-5-25-9-20(21)26-10-22(29)30/h2-10H,11H2,1H3,(H,27,28). The highest BCUT2D eigenvalue weighted by Crippen LogP contribution is 2.28. The average molecular weight is 403 g/mol. The van der Waals surface area contributed by atoms with Gasteiger partial charge in [-0.15, -0.1) is 0 Å². The third-order valence-corrected chi connectivity index (χ3v) is 5.19. The molecule has 0 saturated heterocycles. The van der Waals surface area contributed by atoms with Crippen LogP contribution in [-0.2, 0) is 6.54 Å². The van der Waals surface area contributed by atoms with Crippen molar-refractivity contribution < 1.29 is 8.78 Å². The Morgan fingerprint density at radius 3 is 2.60 bits per heavy atom. The van der Waals surface area contributed by atoms with E-state index in [1.165, 1.54) is 29.1 Å². The Hall–Kier alpha value is -3.94. The predicted molar refractivity (Wildman–Crippen MR) is 109 cm³/mol. The van der Waals surface area contributed by atoms with Crippen LogP contribution >= 0.6 is 0 Å². The zero-order chi connectivity index (χ0) is 20.8. The van der Waals surface area contributed by atoms with Gasteiger partial charge in [0.2, 0.25) is 0 Å². The van der Waals surface area contributed by atoms with Crippen molar-refractivity contribution in [3.63, 3.8) is 0 Å². The molecule has 148 valence electrons. The molecule has 0 aliphatic carbocycles. The summed E-state index contributed by atoms with van der Waals surface area (Å²) >= 11 is 0. The molecule has 6 nitrogen and oxygen atoms in total. The molecule has 0 aliphatic rings. The summed E-state index contributed by atoms with van der Waals surface area (Å²) in [5, 5.41) is 8.05. The fraction of sp³-hybridized carbons (Fsp3) is 0.0909. The smallest absolute Gasteiger partial charge is 0.269 e. The van der Waals surface area contributed by atoms with Gasteiger partial charge in [0.1, 0.15) is 17.2 Å². The minimum atomic E-state index is -0.728. The topological polar surface area (TPSA) is 76.5 Å². The molecule has 0 fully saturated rings. The zero-order valence-electron chi connectivity index (χ0n) is 15.9. The van der Waals surface area contributed by atoms with E-state index >= 15 is 0 Å². The van der Waals surface area contributed by atoms with Gasteiger partial charge in [0, 0.05) is 22.8 Å². The number of benzene rings is 2. The normalized spacial score (nSPS) is 11.4. The largest absolute Gasteiger partial charge is 0.301 e. The van der Waals surface area contributed by atoms with Crippen LogP contribution in [0.15, 0.2) is 59.8 Å². The van der Waals surface area contributed by atoms with E-state index < -0.39 is 17.2 Å². The molecular weight excluding hydrogens is 388 g/mol. The lowest BCUT2D eigenvalue weighted by atomic mass is 10.0. The van der Waals surface area contributed by atoms with E-state index in [0.717, 1.165) is 22.8 Å². The summed E-state index contributed by atoms with van der Waals surface area (Å²) in [4.78, 5) is 20.3. The minimum absolute atomic E-state index is 0.193. The van der Waals surface area contributed by atoms with E-state index in [0.29, 0.717) is 22.2 Å². The van der Waals surface area contributed by atoms with Gasteiger partial charge in [-0.05, 0) is 42.3 Å². The van der Waals surface area contributed by atoms with Gasteiger partial charge in [0.25, 0.3) is 5.56 Å². The molecule has 0 spiro atoms. The van der Waals surface area contributed by atoms with Gasteiger partial charge >= 0.3 is 0 Å². The zero-order valence-corrected chi connectivity index (χ0v) is 15.9. The molecule has 2 aromatic carbocycles. The van der Waals surface area contributed by atoms with E-state index in [9.17, 15) is 13.6 Å². The summed E-state index contributed by atoms with van der Waals surface area (Å²) in [5.74, 6) is -1.46. The van der Waals surface area contributed by atoms with Crippen molar-refractivity contribution in [2.24, 2.45) is 0 Å². The number of nitrogens with one attached hydrogen (secondary N) is 1. The number of aromatic nitrogens is 5. The highest BCUT2D eigenvalue weighted by atomic mass is 19.1. The van der Waals surface area contributed by atoms with Gasteiger partial charge in [-0.2, -0.15) is 5.10 Å². The summed E-state index contributed by atoms with van der Waals surface area (Å²) in [5.41, 5.74) is 2.98. The maximum Gasteiger partial charge on any atom is 0.269 e. The third-order valence-electron chi connectivity index (χ3n) is 5.19. The van der Waals surface area contributed by atoms with Crippen molar-refractivity contribution in [3.8, 4) is 11.1 Å². The number of hydrogen-bond donors (Lipinski definition) is 1. The number of aryl methyl sites for hydroxylation is 1. The van der Waals surface area contributed by atoms with Crippen LogP contribution < -0.4 is 5.56 Å². The molecule has 30 heavy (non-hydrogen) atoms. The fourth-order valence-corrected chi connectivity index (χ4v) is 3.59. The molecular formula is C22H15F2N5O. The summed E-state index contributed by atoms with van der Waals surface area (Å²) in [7, 11) is 0. The Bertz CT molecular complexity index is 1470. The number of H-pyrrole nitrogens is 1. The van der Waals surface area contributed by atoms with Gasteiger partial charge in [0.05, 0.1) is 30.0 Å². The lowest BCUT2D eigenvalue weighted by Crippen LogP contribution is -2.22. The van der Waals surface area contributed by atoms with Gasteiger partial charge in [-0.3, -0.25) is 14.9 Å². The molecule has 3 aromatic heterocycles. The molecule has 5 rings (SSSR count). The van der Waals surface area contributed by atoms with E-state index in [-0.39, 0.29) is 12.1 Å². The van der Waals surface area contributed by atoms with E-state index in [1.54, 1.807) is 18.2 Å². The lowest BCUT2D eigenvalue weighted by Gasteiger charge is -2.12. The van der Waals surface area contributed by atoms with Gasteiger partial charge in [-0.1, -0.05) is 12.1 Å². The van der Waals surface area contributed by atoms with Gasteiger partial charge < -0.3 is 4.57 Å². The second-order valence-corrected chi connectivity index (χ2v) is 7.05. The van der Waals surface area contributed by atoms with Crippen LogP contribution in [0.5, 0.6) is 0 Å². The summed E-state index contributed by atoms with van der Waals surface area (Å²) in [6.07, 6.45) is 4.12. The summed E-state index contributed by atoms with van der Waals surface area (Å²) in [6.45, 7) is 1.65. The maximum atomic E-state index is 14.9. The third kappa shape index (κ3) is 2.93. The molecule has 5 aromatic rings. The molecule has 8 heteroatoms. The van der Waals surface area contributed by atoms with Crippen LogP contribution in [0.3, 0.4) is 0 Å². The number of rotatable bonds is 3. The van der Waals surface area contributed by atoms with Crippen LogP contribution in [-0.4, -0.2) is 24.7 Å². The number of aromatic amines is 1. The molecule has 0 bridgehead atoms. The van der Waals surface area contributed by atoms with Crippen LogP contribution in [0, 0.1) is 18.6 Å². The molecule has 1 N–H and O–H groups in total. The van der Waals surface area contributed by atoms with Crippen LogP contribution in [0.2, 0.25) is 0 Å². The molecule has 0 radical (unpaired) electrons. The monoisotopic (exact) mass is 403 g/mol. The van der Waals surface area contributed by atoms with Crippen LogP contribution in [0.4, 0.5) is 8.78 Å². The van der Waals surface area contributed by atoms with Gasteiger partial charge in [-0.25, -0.2) is 13.8 Å². The molecule has 3 heterocycles. The first-order valence-corrected chi connectivity index (χ1v) is 9.24. The van der Waals surface area contributed by atoms with Crippen molar-refractivity contribution in [1.29, 1.82) is 0 Å². The fourth-order valence-electron chi connectivity index (χ4n) is 3.59. The predicted octanol–water partition coefficient (Wildman–Crippen LogP) is 3.97. The maximum absolute atomic E-state index is 14.9. The van der Waals surface area contributed by atoms with Crippen LogP contribution in [0.25, 0.3) is 33.1 Å². The Balaban J connectivity index is 1.58. The highest BCUT2D eigenvalue weighted by Gasteiger charge is 2.16. The highest BCUT2D eigenvalue weighted by molar-refractivity contribution is 5.86. The average Bonchev–Trinajstić information content (AvgIpc) is 3.12. The SMILES string of the molecule is Cc1[nH]nc2cc(-c3cc(F)c(Cn4c(=O)cnc5cnccc54)c(F)c3)ccc12. The second kappa shape index (κ2) is 6.84. The first-order valence-electron chi connectivity index (χ1n) is 9.24. The van der Waals surface area contributed by atoms with Crippen molar-refractivity contribution in [3.05, 3.63) is 88.2 Å². The Morgan fingerprint density at radius 2 is 1.80 bits per heavy atom. The first-order chi connectivity index (χ1) is 14.5. The molecule has 0 atom stereocenters. The summed E-state index contributed by atoms with van der Waals surface area (Å²) < 4.78 is 31.1. The molecule has 0 unspecified atom stereocenters. The number of hydrogen-bond acceptors (Lipinski definition) is 4. The number of halogens is 2. The van der Waals surface area contributed by atoms with E-state index in [4.69, 9.17) is 0 Å². The van der Waals surface area contributed by atoms with Crippen LogP contribution in [0.1, 0.15) is 11.3 Å². The first kappa shape index (κ1) is 18.1. The van der Waals surface area contributed by atoms with Crippen molar-refractivity contribution in [2.45, 2.75) is 13.5 Å². The molecule has 0 saturated carbocycles. The quantitative estimate of drug-likeness (QED) is 0.495. The van der Waals surface area contributed by atoms with Crippen molar-refractivity contribution in [1.82, 2.24) is 24.7 Å². The van der Waals surface area contributed by atoms with E-state index in [2.05, 4.69) is 20.2 Å². The Morgan fingerprint density at radius 1 is 1.00 bits per heavy atom. The Kier molecular flexibility index (Phi) is 4.13. The lowest BCUT2D eigenvalue weighted by molar-refractivity contribution is 0.545. The summed E-state index contributed by atoms with van der Waals surface area (Å²) in [6, 6.07) is 9.58. The number of nitrogens with zero attached hydrogens (tertiary/aromatic N) is 4. The molecule has 0 aliphatic heterocycles. The van der Waals surface area contributed by atoms with E-state index in [1.807, 2.05) is 13.0 Å².